The number of hydrogen-bond donors (Lipinski definition) is 1. The van der Waals surface area contributed by atoms with Crippen LogP contribution in [0.1, 0.15) is 26.3 Å². The number of Topliss-reactive ketones (excluding diaryl/α,β-unsaturated/α-hetero) is 1. The lowest BCUT2D eigenvalue weighted by molar-refractivity contribution is 0.0600. The van der Waals surface area contributed by atoms with Crippen molar-refractivity contribution in [1.82, 2.24) is 0 Å². The number of allylic oxidation sites excluding steroid dienone is 1. The molecule has 0 amide bonds. The number of ether oxygens (including phenoxy) is 2. The van der Waals surface area contributed by atoms with E-state index in [4.69, 9.17) is 4.74 Å². The van der Waals surface area contributed by atoms with Gasteiger partial charge in [-0.05, 0) is 35.9 Å². The zero-order valence-electron chi connectivity index (χ0n) is 11.7. The third-order valence-corrected chi connectivity index (χ3v) is 3.28. The molecule has 1 heterocycles. The second kappa shape index (κ2) is 5.37. The highest BCUT2D eigenvalue weighted by Gasteiger charge is 2.27. The van der Waals surface area contributed by atoms with E-state index in [2.05, 4.69) is 4.74 Å². The predicted octanol–water partition coefficient (Wildman–Crippen LogP) is 2.80. The Hall–Kier alpha value is -3.08. The fourth-order valence-corrected chi connectivity index (χ4v) is 2.16. The summed E-state index contributed by atoms with van der Waals surface area (Å²) in [5.74, 6) is -0.119. The molecule has 0 saturated carbocycles. The Bertz CT molecular complexity index is 787. The van der Waals surface area contributed by atoms with Crippen LogP contribution in [0.5, 0.6) is 11.5 Å². The van der Waals surface area contributed by atoms with Gasteiger partial charge in [-0.2, -0.15) is 0 Å². The second-order valence-corrected chi connectivity index (χ2v) is 4.73. The van der Waals surface area contributed by atoms with Gasteiger partial charge in [0.15, 0.2) is 5.76 Å². The van der Waals surface area contributed by atoms with E-state index in [1.54, 1.807) is 30.3 Å². The number of benzene rings is 2. The van der Waals surface area contributed by atoms with Crippen LogP contribution in [0.4, 0.5) is 0 Å². The average molecular weight is 296 g/mol. The quantitative estimate of drug-likeness (QED) is 0.681. The van der Waals surface area contributed by atoms with Crippen molar-refractivity contribution in [1.29, 1.82) is 0 Å². The maximum atomic E-state index is 12.2. The topological polar surface area (TPSA) is 72.8 Å². The molecule has 1 aliphatic rings. The number of rotatable bonds is 2. The van der Waals surface area contributed by atoms with Crippen molar-refractivity contribution in [2.75, 3.05) is 7.11 Å². The third-order valence-electron chi connectivity index (χ3n) is 3.28. The highest BCUT2D eigenvalue weighted by molar-refractivity contribution is 6.14. The zero-order valence-corrected chi connectivity index (χ0v) is 11.7. The fraction of sp³-hybridized carbons (Fsp3) is 0.0588. The van der Waals surface area contributed by atoms with Gasteiger partial charge in [0, 0.05) is 6.07 Å². The monoisotopic (exact) mass is 296 g/mol. The van der Waals surface area contributed by atoms with Crippen LogP contribution in [-0.2, 0) is 4.74 Å². The smallest absolute Gasteiger partial charge is 0.337 e. The summed E-state index contributed by atoms with van der Waals surface area (Å²) in [5, 5.41) is 9.41. The Morgan fingerprint density at radius 2 is 1.91 bits per heavy atom. The lowest BCUT2D eigenvalue weighted by atomic mass is 10.1. The summed E-state index contributed by atoms with van der Waals surface area (Å²) in [7, 11) is 1.32. The molecule has 1 aliphatic heterocycles. The van der Waals surface area contributed by atoms with Gasteiger partial charge in [-0.1, -0.05) is 12.1 Å². The molecule has 0 spiro atoms. The number of carbonyl (C=O) groups excluding carboxylic acids is 2. The van der Waals surface area contributed by atoms with Crippen LogP contribution in [0.15, 0.2) is 48.2 Å². The lowest BCUT2D eigenvalue weighted by Crippen LogP contribution is -2.01. The van der Waals surface area contributed by atoms with Crippen molar-refractivity contribution in [3.8, 4) is 11.5 Å². The number of ketones is 1. The van der Waals surface area contributed by atoms with Crippen molar-refractivity contribution in [2.24, 2.45) is 0 Å². The molecular formula is C17H12O5. The highest BCUT2D eigenvalue weighted by Crippen LogP contribution is 2.34. The number of carbonyl (C=O) groups is 2. The summed E-state index contributed by atoms with van der Waals surface area (Å²) in [5.41, 5.74) is 1.56. The molecule has 3 rings (SSSR count). The van der Waals surface area contributed by atoms with Crippen molar-refractivity contribution in [3.05, 3.63) is 64.9 Å². The lowest BCUT2D eigenvalue weighted by Gasteiger charge is -2.01. The van der Waals surface area contributed by atoms with E-state index in [1.165, 1.54) is 25.3 Å². The Balaban J connectivity index is 1.88. The van der Waals surface area contributed by atoms with Gasteiger partial charge in [0.1, 0.15) is 11.5 Å². The zero-order chi connectivity index (χ0) is 15.7. The molecule has 0 bridgehead atoms. The normalized spacial score (nSPS) is 14.6. The first-order chi connectivity index (χ1) is 10.6. The number of methoxy groups -OCH3 is 1. The van der Waals surface area contributed by atoms with E-state index >= 15 is 0 Å². The molecule has 1 N–H and O–H groups in total. The number of fused-ring (bicyclic) bond motifs is 1. The SMILES string of the molecule is COC(=O)c1ccc(/C=C2/Oc3cc(O)ccc3C2=O)cc1. The summed E-state index contributed by atoms with van der Waals surface area (Å²) in [6, 6.07) is 11.0. The third kappa shape index (κ3) is 2.44. The average Bonchev–Trinajstić information content (AvgIpc) is 2.82. The van der Waals surface area contributed by atoms with Crippen LogP contribution in [0, 0.1) is 0 Å². The van der Waals surface area contributed by atoms with Gasteiger partial charge >= 0.3 is 5.97 Å². The standard InChI is InChI=1S/C17H12O5/c1-21-17(20)11-4-2-10(3-5-11)8-15-16(19)13-7-6-12(18)9-14(13)22-15/h2-9,18H,1H3/b15-8+. The van der Waals surface area contributed by atoms with E-state index in [-0.39, 0.29) is 17.3 Å². The molecule has 0 aliphatic carbocycles. The van der Waals surface area contributed by atoms with E-state index in [1.807, 2.05) is 0 Å². The van der Waals surface area contributed by atoms with Crippen molar-refractivity contribution in [2.45, 2.75) is 0 Å². The largest absolute Gasteiger partial charge is 0.508 e. The minimum absolute atomic E-state index is 0.0373. The summed E-state index contributed by atoms with van der Waals surface area (Å²) in [6.45, 7) is 0. The molecule has 2 aromatic carbocycles. The minimum atomic E-state index is -0.421. The van der Waals surface area contributed by atoms with Gasteiger partial charge in [-0.25, -0.2) is 4.79 Å². The molecule has 0 radical (unpaired) electrons. The van der Waals surface area contributed by atoms with E-state index in [0.717, 1.165) is 0 Å². The molecule has 110 valence electrons. The van der Waals surface area contributed by atoms with E-state index < -0.39 is 5.97 Å². The molecule has 5 nitrogen and oxygen atoms in total. The Labute approximate surface area is 126 Å². The molecule has 0 unspecified atom stereocenters. The molecule has 0 atom stereocenters. The first-order valence-corrected chi connectivity index (χ1v) is 6.54. The van der Waals surface area contributed by atoms with Gasteiger partial charge in [-0.15, -0.1) is 0 Å². The summed E-state index contributed by atoms with van der Waals surface area (Å²) >= 11 is 0. The van der Waals surface area contributed by atoms with Crippen LogP contribution in [-0.4, -0.2) is 24.0 Å². The van der Waals surface area contributed by atoms with Crippen LogP contribution in [0.2, 0.25) is 0 Å². The molecule has 0 fully saturated rings. The second-order valence-electron chi connectivity index (χ2n) is 4.73. The van der Waals surface area contributed by atoms with Crippen LogP contribution < -0.4 is 4.74 Å². The summed E-state index contributed by atoms with van der Waals surface area (Å²) in [4.78, 5) is 23.5. The summed E-state index contributed by atoms with van der Waals surface area (Å²) in [6.07, 6.45) is 1.58. The molecule has 0 saturated heterocycles. The van der Waals surface area contributed by atoms with Crippen molar-refractivity contribution >= 4 is 17.8 Å². The molecule has 5 heteroatoms. The number of hydrogen-bond acceptors (Lipinski definition) is 5. The Morgan fingerprint density at radius 3 is 2.59 bits per heavy atom. The van der Waals surface area contributed by atoms with Crippen molar-refractivity contribution in [3.63, 3.8) is 0 Å². The fourth-order valence-electron chi connectivity index (χ4n) is 2.16. The minimum Gasteiger partial charge on any atom is -0.508 e. The van der Waals surface area contributed by atoms with Gasteiger partial charge in [-0.3, -0.25) is 4.79 Å². The molecular weight excluding hydrogens is 284 g/mol. The predicted molar refractivity (Wildman–Crippen MR) is 78.8 cm³/mol. The molecule has 0 aromatic heterocycles. The van der Waals surface area contributed by atoms with Gasteiger partial charge < -0.3 is 14.6 Å². The Morgan fingerprint density at radius 1 is 1.18 bits per heavy atom. The molecule has 2 aromatic rings. The van der Waals surface area contributed by atoms with Crippen LogP contribution >= 0.6 is 0 Å². The Kier molecular flexibility index (Phi) is 3.39. The van der Waals surface area contributed by atoms with Gasteiger partial charge in [0.05, 0.1) is 18.2 Å². The van der Waals surface area contributed by atoms with E-state index in [9.17, 15) is 14.7 Å². The first-order valence-electron chi connectivity index (χ1n) is 6.54. The maximum Gasteiger partial charge on any atom is 0.337 e. The number of esters is 1. The first kappa shape index (κ1) is 13.9. The summed E-state index contributed by atoms with van der Waals surface area (Å²) < 4.78 is 10.1. The number of aromatic hydroxyl groups is 1. The van der Waals surface area contributed by atoms with Gasteiger partial charge in [0.2, 0.25) is 5.78 Å². The van der Waals surface area contributed by atoms with Gasteiger partial charge in [0.25, 0.3) is 0 Å². The molecule has 22 heavy (non-hydrogen) atoms. The van der Waals surface area contributed by atoms with Crippen LogP contribution in [0.25, 0.3) is 6.08 Å². The van der Waals surface area contributed by atoms with E-state index in [0.29, 0.717) is 22.4 Å². The number of phenolic OH excluding ortho intramolecular Hbond substituents is 1. The van der Waals surface area contributed by atoms with Crippen LogP contribution in [0.3, 0.4) is 0 Å². The highest BCUT2D eigenvalue weighted by atomic mass is 16.5. The maximum absolute atomic E-state index is 12.2. The number of phenols is 1. The van der Waals surface area contributed by atoms with Crippen molar-refractivity contribution < 1.29 is 24.2 Å².